The van der Waals surface area contributed by atoms with Gasteiger partial charge in [-0.2, -0.15) is 23.5 Å². The predicted molar refractivity (Wildman–Crippen MR) is 104 cm³/mol. The van der Waals surface area contributed by atoms with Gasteiger partial charge in [0.1, 0.15) is 0 Å². The van der Waals surface area contributed by atoms with Crippen molar-refractivity contribution in [3.05, 3.63) is 42.5 Å². The summed E-state index contributed by atoms with van der Waals surface area (Å²) in [5.74, 6) is 0. The first kappa shape index (κ1) is 16.1. The van der Waals surface area contributed by atoms with Gasteiger partial charge < -0.3 is 9.31 Å². The molecule has 0 aromatic heterocycles. The molecular formula is C20H25BO2Si-. The van der Waals surface area contributed by atoms with Crippen molar-refractivity contribution < 1.29 is 9.31 Å². The number of hydrogen-bond acceptors (Lipinski definition) is 2. The highest BCUT2D eigenvalue weighted by molar-refractivity contribution is 7.04. The van der Waals surface area contributed by atoms with Crippen molar-refractivity contribution in [2.24, 2.45) is 0 Å². The summed E-state index contributed by atoms with van der Waals surface area (Å²) in [6.07, 6.45) is 0. The lowest BCUT2D eigenvalue weighted by molar-refractivity contribution is 0.00578. The Bertz CT molecular complexity index is 810. The Morgan fingerprint density at radius 3 is 2.04 bits per heavy atom. The lowest BCUT2D eigenvalue weighted by Crippen LogP contribution is -2.51. The van der Waals surface area contributed by atoms with E-state index < -0.39 is 8.07 Å². The molecule has 1 saturated heterocycles. The molecule has 125 valence electrons. The smallest absolute Gasteiger partial charge is 0.399 e. The minimum absolute atomic E-state index is 0.284. The van der Waals surface area contributed by atoms with Crippen LogP contribution < -0.4 is 15.8 Å². The number of benzene rings is 2. The first-order valence-corrected chi connectivity index (χ1v) is 11.7. The summed E-state index contributed by atoms with van der Waals surface area (Å²) in [5, 5.41) is 3.03. The molecule has 0 bridgehead atoms. The highest BCUT2D eigenvalue weighted by Gasteiger charge is 2.51. The zero-order chi connectivity index (χ0) is 17.3. The maximum absolute atomic E-state index is 6.25. The van der Waals surface area contributed by atoms with Crippen LogP contribution in [0.25, 0.3) is 11.1 Å². The van der Waals surface area contributed by atoms with E-state index in [1.807, 2.05) is 0 Å². The second kappa shape index (κ2) is 4.84. The molecule has 0 N–H and O–H groups in total. The summed E-state index contributed by atoms with van der Waals surface area (Å²) in [6.45, 7) is 13.3. The quantitative estimate of drug-likeness (QED) is 0.746. The normalized spacial score (nSPS) is 22.3. The predicted octanol–water partition coefficient (Wildman–Crippen LogP) is 2.79. The van der Waals surface area contributed by atoms with E-state index in [0.29, 0.717) is 0 Å². The third-order valence-electron chi connectivity index (χ3n) is 6.13. The van der Waals surface area contributed by atoms with Crippen molar-refractivity contribution in [2.75, 3.05) is 0 Å². The van der Waals surface area contributed by atoms with Crippen LogP contribution in [-0.2, 0) is 9.31 Å². The average Bonchev–Trinajstić information content (AvgIpc) is 2.88. The van der Waals surface area contributed by atoms with Crippen LogP contribution in [0.4, 0.5) is 0 Å². The van der Waals surface area contributed by atoms with Crippen molar-refractivity contribution in [3.63, 3.8) is 0 Å². The number of fused-ring (bicyclic) bond motifs is 3. The Morgan fingerprint density at radius 1 is 0.792 bits per heavy atom. The van der Waals surface area contributed by atoms with Gasteiger partial charge in [0, 0.05) is 0 Å². The fraction of sp³-hybridized carbons (Fsp3) is 0.400. The van der Waals surface area contributed by atoms with Crippen molar-refractivity contribution >= 4 is 31.0 Å². The van der Waals surface area contributed by atoms with Crippen molar-refractivity contribution in [1.82, 2.24) is 0 Å². The van der Waals surface area contributed by atoms with E-state index in [4.69, 9.17) is 9.31 Å². The highest BCUT2D eigenvalue weighted by atomic mass is 28.3. The fourth-order valence-electron chi connectivity index (χ4n) is 3.85. The molecule has 0 saturated carbocycles. The lowest BCUT2D eigenvalue weighted by Gasteiger charge is -2.32. The van der Waals surface area contributed by atoms with E-state index in [1.54, 1.807) is 0 Å². The molecule has 4 rings (SSSR count). The van der Waals surface area contributed by atoms with Crippen molar-refractivity contribution in [2.45, 2.75) is 52.0 Å². The van der Waals surface area contributed by atoms with Gasteiger partial charge in [0.15, 0.2) is 0 Å². The van der Waals surface area contributed by atoms with E-state index in [2.05, 4.69) is 83.3 Å². The zero-order valence-corrected chi connectivity index (χ0v) is 16.4. The van der Waals surface area contributed by atoms with Crippen LogP contribution in [0.3, 0.4) is 0 Å². The van der Waals surface area contributed by atoms with Gasteiger partial charge in [0.2, 0.25) is 0 Å². The molecule has 24 heavy (non-hydrogen) atoms. The molecule has 2 aromatic carbocycles. The first-order valence-electron chi connectivity index (χ1n) is 8.73. The molecule has 0 radical (unpaired) electrons. The van der Waals surface area contributed by atoms with E-state index in [1.165, 1.54) is 21.5 Å². The summed E-state index contributed by atoms with van der Waals surface area (Å²) in [5.41, 5.74) is 3.34. The molecule has 0 atom stereocenters. The summed E-state index contributed by atoms with van der Waals surface area (Å²) < 4.78 is 12.5. The van der Waals surface area contributed by atoms with E-state index in [0.717, 1.165) is 5.46 Å². The number of hydrogen-bond donors (Lipinski definition) is 0. The first-order chi connectivity index (χ1) is 11.1. The lowest BCUT2D eigenvalue weighted by atomic mass is 9.78. The van der Waals surface area contributed by atoms with Crippen LogP contribution in [0.1, 0.15) is 27.7 Å². The van der Waals surface area contributed by atoms with Crippen LogP contribution in [0.15, 0.2) is 42.5 Å². The van der Waals surface area contributed by atoms with Gasteiger partial charge in [-0.15, -0.1) is 0 Å². The summed E-state index contributed by atoms with van der Waals surface area (Å²) in [4.78, 5) is 0. The average molecular weight is 336 g/mol. The second-order valence-electron chi connectivity index (χ2n) is 8.56. The molecule has 2 aliphatic heterocycles. The Kier molecular flexibility index (Phi) is 3.25. The molecule has 2 nitrogen and oxygen atoms in total. The minimum atomic E-state index is -1.65. The van der Waals surface area contributed by atoms with Crippen LogP contribution in [0.2, 0.25) is 13.1 Å². The topological polar surface area (TPSA) is 18.5 Å². The third kappa shape index (κ3) is 2.10. The second-order valence-corrected chi connectivity index (χ2v) is 12.9. The van der Waals surface area contributed by atoms with Gasteiger partial charge in [-0.25, -0.2) is 0 Å². The molecule has 2 heterocycles. The van der Waals surface area contributed by atoms with Gasteiger partial charge in [0.05, 0.1) is 11.2 Å². The van der Waals surface area contributed by atoms with Gasteiger partial charge in [0.25, 0.3) is 0 Å². The molecule has 2 aromatic rings. The molecule has 1 fully saturated rings. The number of rotatable bonds is 1. The third-order valence-corrected chi connectivity index (χ3v) is 9.68. The minimum Gasteiger partial charge on any atom is -0.399 e. The van der Waals surface area contributed by atoms with Gasteiger partial charge in [-0.1, -0.05) is 61.7 Å². The maximum atomic E-state index is 6.25. The molecule has 0 spiro atoms. The Balaban J connectivity index is 1.78. The van der Waals surface area contributed by atoms with Crippen LogP contribution in [0, 0.1) is 0 Å². The monoisotopic (exact) mass is 336 g/mol. The standard InChI is InChI=1S/C20H25BO2Si/c1-19(2)20(3,4)23-21(22-19)14-11-12-16-15-9-7-8-10-17(15)24(5,6)18(16)13-14/h7-13H,1-6H3/q-1. The Hall–Kier alpha value is -1.36. The molecule has 0 unspecified atom stereocenters. The van der Waals surface area contributed by atoms with Crippen molar-refractivity contribution in [3.8, 4) is 11.1 Å². The summed E-state index contributed by atoms with van der Waals surface area (Å²) >= 11 is 0. The molecule has 0 amide bonds. The van der Waals surface area contributed by atoms with Crippen LogP contribution >= 0.6 is 0 Å². The Morgan fingerprint density at radius 2 is 1.38 bits per heavy atom. The molecule has 0 aliphatic carbocycles. The maximum Gasteiger partial charge on any atom is 0.494 e. The van der Waals surface area contributed by atoms with Crippen molar-refractivity contribution in [1.29, 1.82) is 0 Å². The largest absolute Gasteiger partial charge is 0.494 e. The SMILES string of the molecule is CC1(C)OB(c2ccc3c(c2)[Si-](C)(C)c2ccccc2-3)OC1(C)C. The zero-order valence-electron chi connectivity index (χ0n) is 15.4. The van der Waals surface area contributed by atoms with E-state index >= 15 is 0 Å². The van der Waals surface area contributed by atoms with Crippen LogP contribution in [-0.4, -0.2) is 26.4 Å². The summed E-state index contributed by atoms with van der Waals surface area (Å²) in [7, 11) is -1.93. The van der Waals surface area contributed by atoms with Gasteiger partial charge in [-0.05, 0) is 33.2 Å². The molecule has 2 aliphatic rings. The van der Waals surface area contributed by atoms with E-state index in [9.17, 15) is 0 Å². The molecule has 4 heteroatoms. The summed E-state index contributed by atoms with van der Waals surface area (Å²) in [6, 6.07) is 15.6. The Labute approximate surface area is 146 Å². The fourth-order valence-corrected chi connectivity index (χ4v) is 6.96. The highest BCUT2D eigenvalue weighted by Crippen LogP contribution is 2.36. The molecular weight excluding hydrogens is 311 g/mol. The van der Waals surface area contributed by atoms with E-state index in [-0.39, 0.29) is 18.3 Å². The van der Waals surface area contributed by atoms with Crippen LogP contribution in [0.5, 0.6) is 0 Å². The van der Waals surface area contributed by atoms with Gasteiger partial charge >= 0.3 is 7.12 Å². The van der Waals surface area contributed by atoms with Gasteiger partial charge in [-0.3, -0.25) is 0 Å².